The van der Waals surface area contributed by atoms with Crippen LogP contribution >= 0.6 is 0 Å². The third-order valence-corrected chi connectivity index (χ3v) is 3.96. The van der Waals surface area contributed by atoms with E-state index in [1.807, 2.05) is 45.3 Å². The van der Waals surface area contributed by atoms with Crippen LogP contribution in [0.25, 0.3) is 0 Å². The van der Waals surface area contributed by atoms with E-state index in [0.29, 0.717) is 18.1 Å². The molecule has 3 rings (SSSR count). The van der Waals surface area contributed by atoms with Crippen molar-refractivity contribution in [1.82, 2.24) is 14.7 Å². The Morgan fingerprint density at radius 1 is 1.19 bits per heavy atom. The average Bonchev–Trinajstić information content (AvgIpc) is 3.20. The van der Waals surface area contributed by atoms with Crippen molar-refractivity contribution in [1.29, 1.82) is 0 Å². The van der Waals surface area contributed by atoms with Gasteiger partial charge in [0.2, 0.25) is 0 Å². The molecule has 0 saturated heterocycles. The van der Waals surface area contributed by atoms with E-state index in [1.165, 1.54) is 0 Å². The van der Waals surface area contributed by atoms with Gasteiger partial charge in [0.05, 0.1) is 12.2 Å². The van der Waals surface area contributed by atoms with Crippen LogP contribution in [0.3, 0.4) is 0 Å². The summed E-state index contributed by atoms with van der Waals surface area (Å²) in [5.41, 5.74) is 3.12. The predicted octanol–water partition coefficient (Wildman–Crippen LogP) is 3.48. The van der Waals surface area contributed by atoms with Crippen LogP contribution < -0.4 is 4.74 Å². The number of aryl methyl sites for hydroxylation is 3. The van der Waals surface area contributed by atoms with Crippen molar-refractivity contribution in [2.75, 3.05) is 7.05 Å². The molecule has 26 heavy (non-hydrogen) atoms. The number of carbonyl (C=O) groups is 1. The highest BCUT2D eigenvalue weighted by molar-refractivity contribution is 5.91. The maximum atomic E-state index is 12.5. The summed E-state index contributed by atoms with van der Waals surface area (Å²) in [6.45, 7) is 4.76. The lowest BCUT2D eigenvalue weighted by Crippen LogP contribution is -2.26. The van der Waals surface area contributed by atoms with Gasteiger partial charge in [-0.05, 0) is 55.3 Å². The molecule has 0 aliphatic heterocycles. The van der Waals surface area contributed by atoms with Crippen molar-refractivity contribution < 1.29 is 13.9 Å². The van der Waals surface area contributed by atoms with Crippen molar-refractivity contribution in [3.8, 4) is 5.75 Å². The van der Waals surface area contributed by atoms with Crippen LogP contribution in [0, 0.1) is 13.8 Å². The highest BCUT2D eigenvalue weighted by Crippen LogP contribution is 2.19. The number of rotatable bonds is 6. The number of furan rings is 1. The third kappa shape index (κ3) is 4.33. The van der Waals surface area contributed by atoms with Gasteiger partial charge in [0.15, 0.2) is 5.76 Å². The number of ether oxygens (including phenoxy) is 1. The van der Waals surface area contributed by atoms with Gasteiger partial charge in [-0.25, -0.2) is 0 Å². The van der Waals surface area contributed by atoms with Crippen LogP contribution in [0.1, 0.15) is 33.1 Å². The summed E-state index contributed by atoms with van der Waals surface area (Å²) in [7, 11) is 3.57. The molecule has 2 heterocycles. The Labute approximate surface area is 153 Å². The summed E-state index contributed by atoms with van der Waals surface area (Å²) in [6, 6.07) is 11.4. The van der Waals surface area contributed by atoms with E-state index in [0.717, 1.165) is 22.6 Å². The van der Waals surface area contributed by atoms with E-state index in [-0.39, 0.29) is 12.5 Å². The predicted molar refractivity (Wildman–Crippen MR) is 98.0 cm³/mol. The fourth-order valence-corrected chi connectivity index (χ4v) is 2.79. The maximum Gasteiger partial charge on any atom is 0.289 e. The molecule has 0 spiro atoms. The second-order valence-corrected chi connectivity index (χ2v) is 6.52. The number of aromatic nitrogens is 2. The summed E-state index contributed by atoms with van der Waals surface area (Å²) >= 11 is 0. The second-order valence-electron chi connectivity index (χ2n) is 6.52. The monoisotopic (exact) mass is 353 g/mol. The molecule has 0 aliphatic rings. The molecule has 6 nitrogen and oxygen atoms in total. The molecule has 3 aromatic rings. The molecule has 0 fully saturated rings. The zero-order valence-corrected chi connectivity index (χ0v) is 15.5. The smallest absolute Gasteiger partial charge is 0.289 e. The van der Waals surface area contributed by atoms with Crippen molar-refractivity contribution >= 4 is 5.91 Å². The van der Waals surface area contributed by atoms with Gasteiger partial charge < -0.3 is 14.1 Å². The van der Waals surface area contributed by atoms with E-state index in [4.69, 9.17) is 9.15 Å². The molecule has 6 heteroatoms. The fraction of sp³-hybridized carbons (Fsp3) is 0.300. The minimum Gasteiger partial charge on any atom is -0.486 e. The van der Waals surface area contributed by atoms with Gasteiger partial charge in [-0.2, -0.15) is 5.10 Å². The molecule has 1 amide bonds. The fourth-order valence-electron chi connectivity index (χ4n) is 2.79. The van der Waals surface area contributed by atoms with Crippen molar-refractivity contribution in [2.45, 2.75) is 27.0 Å². The molecule has 1 aromatic carbocycles. The summed E-state index contributed by atoms with van der Waals surface area (Å²) in [6.07, 6.45) is 1.85. The topological polar surface area (TPSA) is 60.5 Å². The zero-order valence-electron chi connectivity index (χ0n) is 15.5. The number of carbonyl (C=O) groups excluding carboxylic acids is 1. The lowest BCUT2D eigenvalue weighted by molar-refractivity contribution is 0.0747. The molecule has 0 radical (unpaired) electrons. The Morgan fingerprint density at radius 3 is 2.58 bits per heavy atom. The van der Waals surface area contributed by atoms with Crippen molar-refractivity contribution in [3.63, 3.8) is 0 Å². The lowest BCUT2D eigenvalue weighted by Gasteiger charge is -2.14. The molecule has 0 saturated carbocycles. The second kappa shape index (κ2) is 7.47. The third-order valence-electron chi connectivity index (χ3n) is 3.96. The van der Waals surface area contributed by atoms with Crippen LogP contribution in [0.5, 0.6) is 5.75 Å². The maximum absolute atomic E-state index is 12.5. The van der Waals surface area contributed by atoms with Gasteiger partial charge in [0, 0.05) is 20.3 Å². The Bertz CT molecular complexity index is 890. The van der Waals surface area contributed by atoms with Crippen LogP contribution in [0.4, 0.5) is 0 Å². The quantitative estimate of drug-likeness (QED) is 0.681. The van der Waals surface area contributed by atoms with Gasteiger partial charge in [-0.3, -0.25) is 9.48 Å². The van der Waals surface area contributed by atoms with Gasteiger partial charge in [-0.1, -0.05) is 6.07 Å². The minimum absolute atomic E-state index is 0.187. The molecule has 0 bridgehead atoms. The van der Waals surface area contributed by atoms with E-state index in [9.17, 15) is 4.79 Å². The average molecular weight is 353 g/mol. The molecule has 2 aromatic heterocycles. The zero-order chi connectivity index (χ0) is 18.7. The summed E-state index contributed by atoms with van der Waals surface area (Å²) < 4.78 is 13.1. The Hall–Kier alpha value is -3.02. The van der Waals surface area contributed by atoms with E-state index >= 15 is 0 Å². The first-order valence-corrected chi connectivity index (χ1v) is 8.44. The largest absolute Gasteiger partial charge is 0.486 e. The standard InChI is InChI=1S/C20H23N3O3/c1-14-9-15(2)11-18(10-14)25-13-17-5-6-19(26-17)20(24)22(3)12-16-7-8-23(4)21-16/h5-11H,12-13H2,1-4H3. The van der Waals surface area contributed by atoms with Crippen LogP contribution in [0.15, 0.2) is 47.0 Å². The molecule has 0 aliphatic carbocycles. The Balaban J connectivity index is 1.60. The summed E-state index contributed by atoms with van der Waals surface area (Å²) in [4.78, 5) is 14.1. The number of hydrogen-bond donors (Lipinski definition) is 0. The van der Waals surface area contributed by atoms with E-state index in [1.54, 1.807) is 28.8 Å². The molecule has 0 unspecified atom stereocenters. The minimum atomic E-state index is -0.187. The molecule has 136 valence electrons. The lowest BCUT2D eigenvalue weighted by atomic mass is 10.1. The molecular formula is C20H23N3O3. The summed E-state index contributed by atoms with van der Waals surface area (Å²) in [5.74, 6) is 1.51. The number of hydrogen-bond acceptors (Lipinski definition) is 4. The van der Waals surface area contributed by atoms with E-state index in [2.05, 4.69) is 11.2 Å². The van der Waals surface area contributed by atoms with E-state index < -0.39 is 0 Å². The van der Waals surface area contributed by atoms with Crippen molar-refractivity contribution in [2.24, 2.45) is 7.05 Å². The number of benzene rings is 1. The van der Waals surface area contributed by atoms with Gasteiger partial charge >= 0.3 is 0 Å². The molecule has 0 atom stereocenters. The normalized spacial score (nSPS) is 10.8. The highest BCUT2D eigenvalue weighted by Gasteiger charge is 2.17. The number of nitrogens with zero attached hydrogens (tertiary/aromatic N) is 3. The Kier molecular flexibility index (Phi) is 5.11. The number of amides is 1. The van der Waals surface area contributed by atoms with Crippen LogP contribution in [-0.4, -0.2) is 27.6 Å². The first-order valence-electron chi connectivity index (χ1n) is 8.44. The SMILES string of the molecule is Cc1cc(C)cc(OCc2ccc(C(=O)N(C)Cc3ccn(C)n3)o2)c1. The van der Waals surface area contributed by atoms with Crippen molar-refractivity contribution in [3.05, 3.63) is 70.9 Å². The highest BCUT2D eigenvalue weighted by atomic mass is 16.5. The first-order chi connectivity index (χ1) is 12.4. The van der Waals surface area contributed by atoms with Crippen LogP contribution in [-0.2, 0) is 20.2 Å². The summed E-state index contributed by atoms with van der Waals surface area (Å²) in [5, 5.41) is 4.28. The van der Waals surface area contributed by atoms with Gasteiger partial charge in [0.25, 0.3) is 5.91 Å². The van der Waals surface area contributed by atoms with Crippen LogP contribution in [0.2, 0.25) is 0 Å². The first kappa shape index (κ1) is 17.8. The molecular weight excluding hydrogens is 330 g/mol. The Morgan fingerprint density at radius 2 is 1.92 bits per heavy atom. The van der Waals surface area contributed by atoms with Gasteiger partial charge in [-0.15, -0.1) is 0 Å². The van der Waals surface area contributed by atoms with Gasteiger partial charge in [0.1, 0.15) is 18.1 Å². The molecule has 0 N–H and O–H groups in total.